The largest absolute Gasteiger partial charge is 0.459 e. The number of nitrogens with zero attached hydrogens (tertiary/aromatic N) is 3. The van der Waals surface area contributed by atoms with Gasteiger partial charge in [0.1, 0.15) is 6.10 Å². The van der Waals surface area contributed by atoms with E-state index < -0.39 is 0 Å². The standard InChI is InChI=1S/C16H19N3O4/c1-9-4-6-21-14(9)16(20)19-5-3-12-11(8-19)7-13(22-12)15-17-10(2)18-23-15/h4,6,11-13H,3,5,7-8H2,1-2H3/t11-,12+,13+/m0/s1. The number of likely N-dealkylation sites (tertiary alicyclic amines) is 1. The van der Waals surface area contributed by atoms with E-state index in [1.807, 2.05) is 17.9 Å². The highest BCUT2D eigenvalue weighted by Crippen LogP contribution is 2.40. The van der Waals surface area contributed by atoms with Crippen molar-refractivity contribution < 1.29 is 18.5 Å². The smallest absolute Gasteiger partial charge is 0.289 e. The normalized spacial score (nSPS) is 27.2. The van der Waals surface area contributed by atoms with Gasteiger partial charge in [0.05, 0.1) is 12.4 Å². The van der Waals surface area contributed by atoms with Gasteiger partial charge in [-0.3, -0.25) is 4.79 Å². The van der Waals surface area contributed by atoms with Gasteiger partial charge in [-0.05, 0) is 32.8 Å². The molecule has 2 saturated heterocycles. The second-order valence-corrected chi connectivity index (χ2v) is 6.31. The van der Waals surface area contributed by atoms with Gasteiger partial charge in [0.2, 0.25) is 0 Å². The van der Waals surface area contributed by atoms with Crippen molar-refractivity contribution in [1.29, 1.82) is 0 Å². The Kier molecular flexibility index (Phi) is 3.45. The summed E-state index contributed by atoms with van der Waals surface area (Å²) in [6.45, 7) is 5.03. The van der Waals surface area contributed by atoms with Crippen LogP contribution < -0.4 is 0 Å². The molecule has 0 aliphatic carbocycles. The fourth-order valence-electron chi connectivity index (χ4n) is 3.48. The summed E-state index contributed by atoms with van der Waals surface area (Å²) in [6.07, 6.45) is 3.16. The third-order valence-electron chi connectivity index (χ3n) is 4.68. The fourth-order valence-corrected chi connectivity index (χ4v) is 3.48. The first-order valence-electron chi connectivity index (χ1n) is 7.91. The van der Waals surface area contributed by atoms with Crippen LogP contribution in [0, 0.1) is 19.8 Å². The Hall–Kier alpha value is -2.15. The molecule has 0 bridgehead atoms. The van der Waals surface area contributed by atoms with Crippen molar-refractivity contribution in [2.45, 2.75) is 38.9 Å². The molecule has 3 atom stereocenters. The number of carbonyl (C=O) groups excluding carboxylic acids is 1. The molecule has 2 fully saturated rings. The van der Waals surface area contributed by atoms with E-state index in [2.05, 4.69) is 10.1 Å². The topological polar surface area (TPSA) is 81.6 Å². The van der Waals surface area contributed by atoms with Crippen molar-refractivity contribution in [2.75, 3.05) is 13.1 Å². The second kappa shape index (κ2) is 5.49. The number of ether oxygens (including phenoxy) is 1. The van der Waals surface area contributed by atoms with Gasteiger partial charge in [0, 0.05) is 24.6 Å². The van der Waals surface area contributed by atoms with Crippen molar-refractivity contribution in [3.8, 4) is 0 Å². The Morgan fingerprint density at radius 1 is 1.39 bits per heavy atom. The Morgan fingerprint density at radius 3 is 2.96 bits per heavy atom. The van der Waals surface area contributed by atoms with Crippen LogP contribution in [0.2, 0.25) is 0 Å². The molecule has 4 rings (SSSR count). The second-order valence-electron chi connectivity index (χ2n) is 6.31. The first-order valence-corrected chi connectivity index (χ1v) is 7.91. The highest BCUT2D eigenvalue weighted by molar-refractivity contribution is 5.92. The summed E-state index contributed by atoms with van der Waals surface area (Å²) >= 11 is 0. The van der Waals surface area contributed by atoms with E-state index in [1.165, 1.54) is 0 Å². The lowest BCUT2D eigenvalue weighted by Crippen LogP contribution is -2.44. The average molecular weight is 317 g/mol. The molecule has 0 saturated carbocycles. The number of aryl methyl sites for hydroxylation is 2. The van der Waals surface area contributed by atoms with Gasteiger partial charge in [-0.1, -0.05) is 5.16 Å². The summed E-state index contributed by atoms with van der Waals surface area (Å²) in [6, 6.07) is 1.81. The molecule has 0 radical (unpaired) electrons. The minimum absolute atomic E-state index is 0.0389. The number of hydrogen-bond acceptors (Lipinski definition) is 6. The van der Waals surface area contributed by atoms with Gasteiger partial charge < -0.3 is 18.6 Å². The summed E-state index contributed by atoms with van der Waals surface area (Å²) in [4.78, 5) is 18.7. The van der Waals surface area contributed by atoms with Crippen molar-refractivity contribution in [3.63, 3.8) is 0 Å². The lowest BCUT2D eigenvalue weighted by Gasteiger charge is -2.33. The Bertz CT molecular complexity index is 722. The van der Waals surface area contributed by atoms with E-state index >= 15 is 0 Å². The molecule has 7 nitrogen and oxygen atoms in total. The summed E-state index contributed by atoms with van der Waals surface area (Å²) in [7, 11) is 0. The van der Waals surface area contributed by atoms with Crippen LogP contribution in [0.1, 0.15) is 46.8 Å². The third-order valence-corrected chi connectivity index (χ3v) is 4.68. The minimum Gasteiger partial charge on any atom is -0.459 e. The predicted octanol–water partition coefficient (Wildman–Crippen LogP) is 2.27. The molecule has 23 heavy (non-hydrogen) atoms. The third kappa shape index (κ3) is 2.55. The molecular formula is C16H19N3O4. The number of piperidine rings is 1. The first-order chi connectivity index (χ1) is 11.1. The van der Waals surface area contributed by atoms with Gasteiger partial charge in [-0.2, -0.15) is 4.98 Å². The van der Waals surface area contributed by atoms with Gasteiger partial charge in [0.25, 0.3) is 11.8 Å². The number of carbonyl (C=O) groups is 1. The monoisotopic (exact) mass is 317 g/mol. The van der Waals surface area contributed by atoms with Crippen LogP contribution in [-0.4, -0.2) is 40.1 Å². The first kappa shape index (κ1) is 14.4. The molecule has 0 spiro atoms. The van der Waals surface area contributed by atoms with E-state index in [4.69, 9.17) is 13.7 Å². The molecule has 4 heterocycles. The van der Waals surface area contributed by atoms with E-state index in [-0.39, 0.29) is 18.1 Å². The number of hydrogen-bond donors (Lipinski definition) is 0. The van der Waals surface area contributed by atoms with Crippen LogP contribution in [0.3, 0.4) is 0 Å². The number of amides is 1. The van der Waals surface area contributed by atoms with Gasteiger partial charge in [-0.25, -0.2) is 0 Å². The Balaban J connectivity index is 1.45. The summed E-state index contributed by atoms with van der Waals surface area (Å²) in [5, 5.41) is 3.82. The highest BCUT2D eigenvalue weighted by Gasteiger charge is 2.43. The van der Waals surface area contributed by atoms with Crippen molar-refractivity contribution in [1.82, 2.24) is 15.0 Å². The van der Waals surface area contributed by atoms with E-state index in [0.717, 1.165) is 18.4 Å². The molecule has 0 aromatic carbocycles. The maximum Gasteiger partial charge on any atom is 0.289 e. The maximum absolute atomic E-state index is 12.6. The lowest BCUT2D eigenvalue weighted by atomic mass is 9.92. The van der Waals surface area contributed by atoms with Crippen LogP contribution in [0.5, 0.6) is 0 Å². The van der Waals surface area contributed by atoms with E-state index in [1.54, 1.807) is 13.2 Å². The zero-order valence-electron chi connectivity index (χ0n) is 13.2. The minimum atomic E-state index is -0.161. The van der Waals surface area contributed by atoms with E-state index in [9.17, 15) is 4.79 Å². The quantitative estimate of drug-likeness (QED) is 0.845. The van der Waals surface area contributed by atoms with Crippen LogP contribution >= 0.6 is 0 Å². The SMILES string of the molecule is Cc1noc([C@H]2C[C@H]3CN(C(=O)c4occc4C)CC[C@H]3O2)n1. The van der Waals surface area contributed by atoms with E-state index in [0.29, 0.717) is 36.5 Å². The van der Waals surface area contributed by atoms with Crippen LogP contribution in [0.15, 0.2) is 21.3 Å². The molecule has 1 amide bonds. The molecule has 122 valence electrons. The lowest BCUT2D eigenvalue weighted by molar-refractivity contribution is -0.00826. The number of fused-ring (bicyclic) bond motifs is 1. The number of aromatic nitrogens is 2. The summed E-state index contributed by atoms with van der Waals surface area (Å²) in [5.41, 5.74) is 0.874. The van der Waals surface area contributed by atoms with Gasteiger partial charge in [0.15, 0.2) is 11.6 Å². The average Bonchev–Trinajstić information content (AvgIpc) is 3.24. The van der Waals surface area contributed by atoms with Crippen molar-refractivity contribution in [2.24, 2.45) is 5.92 Å². The molecule has 7 heteroatoms. The summed E-state index contributed by atoms with van der Waals surface area (Å²) < 4.78 is 16.6. The maximum atomic E-state index is 12.6. The zero-order valence-corrected chi connectivity index (χ0v) is 13.2. The van der Waals surface area contributed by atoms with Gasteiger partial charge >= 0.3 is 0 Å². The molecule has 2 aromatic rings. The molecule has 0 unspecified atom stereocenters. The Morgan fingerprint density at radius 2 is 2.26 bits per heavy atom. The van der Waals surface area contributed by atoms with Crippen LogP contribution in [0.25, 0.3) is 0 Å². The molecule has 2 aliphatic rings. The fraction of sp³-hybridized carbons (Fsp3) is 0.562. The van der Waals surface area contributed by atoms with Crippen LogP contribution in [-0.2, 0) is 4.74 Å². The molecule has 2 aromatic heterocycles. The predicted molar refractivity (Wildman–Crippen MR) is 78.7 cm³/mol. The Labute approximate surface area is 133 Å². The number of rotatable bonds is 2. The highest BCUT2D eigenvalue weighted by atomic mass is 16.5. The zero-order chi connectivity index (χ0) is 16.0. The summed E-state index contributed by atoms with van der Waals surface area (Å²) in [5.74, 6) is 1.84. The molecular weight excluding hydrogens is 298 g/mol. The molecule has 2 aliphatic heterocycles. The van der Waals surface area contributed by atoms with Crippen molar-refractivity contribution >= 4 is 5.91 Å². The number of furan rings is 1. The van der Waals surface area contributed by atoms with Crippen LogP contribution in [0.4, 0.5) is 0 Å². The molecule has 0 N–H and O–H groups in total. The van der Waals surface area contributed by atoms with Crippen molar-refractivity contribution in [3.05, 3.63) is 35.4 Å². The van der Waals surface area contributed by atoms with Gasteiger partial charge in [-0.15, -0.1) is 0 Å².